The largest absolute Gasteiger partial charge is 0.573 e. The fraction of sp³-hybridized carbons (Fsp3) is 0.312. The second kappa shape index (κ2) is 7.93. The second-order valence-corrected chi connectivity index (χ2v) is 5.39. The molecular formula is C16H19F3N4O2. The maximum absolute atomic E-state index is 12.4. The van der Waals surface area contributed by atoms with E-state index in [0.29, 0.717) is 5.76 Å². The fourth-order valence-corrected chi connectivity index (χ4v) is 2.13. The summed E-state index contributed by atoms with van der Waals surface area (Å²) in [5, 5.41) is 2.63. The highest BCUT2D eigenvalue weighted by molar-refractivity contribution is 5.93. The van der Waals surface area contributed by atoms with Gasteiger partial charge in [0.15, 0.2) is 11.7 Å². The third-order valence-corrected chi connectivity index (χ3v) is 3.31. The van der Waals surface area contributed by atoms with Gasteiger partial charge in [0.25, 0.3) is 0 Å². The Morgan fingerprint density at radius 3 is 2.60 bits per heavy atom. The number of nitrogens with one attached hydrogen (secondary N) is 1. The maximum atomic E-state index is 12.4. The van der Waals surface area contributed by atoms with Crippen LogP contribution in [-0.4, -0.2) is 37.9 Å². The Morgan fingerprint density at radius 1 is 1.28 bits per heavy atom. The first kappa shape index (κ1) is 18.7. The van der Waals surface area contributed by atoms with Gasteiger partial charge in [-0.15, -0.1) is 13.2 Å². The zero-order valence-electron chi connectivity index (χ0n) is 13.7. The number of para-hydroxylation sites is 2. The molecule has 1 unspecified atom stereocenters. The highest BCUT2D eigenvalue weighted by Crippen LogP contribution is 2.29. The van der Waals surface area contributed by atoms with Crippen molar-refractivity contribution < 1.29 is 22.3 Å². The molecular weight excluding hydrogens is 337 g/mol. The summed E-state index contributed by atoms with van der Waals surface area (Å²) < 4.78 is 46.6. The number of guanidine groups is 1. The van der Waals surface area contributed by atoms with Crippen molar-refractivity contribution >= 4 is 11.6 Å². The number of aliphatic imine (C=N–C) groups is 1. The van der Waals surface area contributed by atoms with E-state index in [1.165, 1.54) is 18.2 Å². The SMILES string of the molecule is CN(C)C(CN=C(N)Nc1ccccc1OC(F)(F)F)c1ccco1. The average molecular weight is 356 g/mol. The van der Waals surface area contributed by atoms with Crippen molar-refractivity contribution in [3.8, 4) is 5.75 Å². The lowest BCUT2D eigenvalue weighted by Crippen LogP contribution is -2.27. The van der Waals surface area contributed by atoms with Crippen molar-refractivity contribution in [2.75, 3.05) is 26.0 Å². The number of anilines is 1. The molecule has 0 amide bonds. The molecule has 25 heavy (non-hydrogen) atoms. The van der Waals surface area contributed by atoms with E-state index < -0.39 is 6.36 Å². The van der Waals surface area contributed by atoms with Gasteiger partial charge in [-0.1, -0.05) is 12.1 Å². The Kier molecular flexibility index (Phi) is 5.92. The van der Waals surface area contributed by atoms with E-state index in [1.54, 1.807) is 18.4 Å². The molecule has 0 spiro atoms. The van der Waals surface area contributed by atoms with Gasteiger partial charge >= 0.3 is 6.36 Å². The van der Waals surface area contributed by atoms with E-state index in [2.05, 4.69) is 15.0 Å². The van der Waals surface area contributed by atoms with Crippen LogP contribution in [0.4, 0.5) is 18.9 Å². The van der Waals surface area contributed by atoms with Crippen LogP contribution in [0.15, 0.2) is 52.1 Å². The third-order valence-electron chi connectivity index (χ3n) is 3.31. The van der Waals surface area contributed by atoms with Crippen LogP contribution in [0.5, 0.6) is 5.75 Å². The Bertz CT molecular complexity index is 700. The van der Waals surface area contributed by atoms with Gasteiger partial charge in [0.05, 0.1) is 24.5 Å². The predicted octanol–water partition coefficient (Wildman–Crippen LogP) is 3.21. The molecule has 6 nitrogen and oxygen atoms in total. The van der Waals surface area contributed by atoms with Gasteiger partial charge in [0.2, 0.25) is 0 Å². The van der Waals surface area contributed by atoms with Crippen LogP contribution in [0.2, 0.25) is 0 Å². The molecule has 1 aromatic carbocycles. The zero-order valence-corrected chi connectivity index (χ0v) is 13.7. The van der Waals surface area contributed by atoms with Crippen molar-refractivity contribution in [2.45, 2.75) is 12.4 Å². The molecule has 0 saturated carbocycles. The lowest BCUT2D eigenvalue weighted by Gasteiger charge is -2.20. The molecule has 2 aromatic rings. The summed E-state index contributed by atoms with van der Waals surface area (Å²) in [6, 6.07) is 9.02. The van der Waals surface area contributed by atoms with E-state index in [9.17, 15) is 13.2 Å². The number of alkyl halides is 3. The van der Waals surface area contributed by atoms with Gasteiger partial charge in [-0.05, 0) is 38.4 Å². The van der Waals surface area contributed by atoms with Crippen LogP contribution in [0, 0.1) is 0 Å². The minimum Gasteiger partial charge on any atom is -0.468 e. The molecule has 0 saturated heterocycles. The summed E-state index contributed by atoms with van der Waals surface area (Å²) >= 11 is 0. The number of likely N-dealkylation sites (N-methyl/N-ethyl adjacent to an activating group) is 1. The Morgan fingerprint density at radius 2 is 2.00 bits per heavy atom. The number of hydrogen-bond acceptors (Lipinski definition) is 4. The number of hydrogen-bond donors (Lipinski definition) is 2. The molecule has 1 atom stereocenters. The molecule has 2 rings (SSSR count). The minimum atomic E-state index is -4.79. The monoisotopic (exact) mass is 356 g/mol. The molecule has 0 radical (unpaired) electrons. The normalized spacial score (nSPS) is 13.8. The molecule has 0 aliphatic rings. The van der Waals surface area contributed by atoms with Gasteiger partial charge in [0, 0.05) is 0 Å². The second-order valence-electron chi connectivity index (χ2n) is 5.39. The lowest BCUT2D eigenvalue weighted by atomic mass is 10.2. The smallest absolute Gasteiger partial charge is 0.468 e. The number of ether oxygens (including phenoxy) is 1. The number of nitrogens with zero attached hydrogens (tertiary/aromatic N) is 2. The number of rotatable bonds is 6. The standard InChI is InChI=1S/C16H19F3N4O2/c1-23(2)12(14-8-5-9-24-14)10-21-15(20)22-11-6-3-4-7-13(11)25-16(17,18)19/h3-9,12H,10H2,1-2H3,(H3,20,21,22). The van der Waals surface area contributed by atoms with Gasteiger partial charge in [-0.3, -0.25) is 9.89 Å². The Hall–Kier alpha value is -2.68. The van der Waals surface area contributed by atoms with Crippen molar-refractivity contribution in [3.63, 3.8) is 0 Å². The van der Waals surface area contributed by atoms with E-state index in [0.717, 1.165) is 0 Å². The first-order valence-corrected chi connectivity index (χ1v) is 7.38. The first-order valence-electron chi connectivity index (χ1n) is 7.38. The molecule has 136 valence electrons. The summed E-state index contributed by atoms with van der Waals surface area (Å²) in [5.74, 6) is 0.294. The Balaban J connectivity index is 2.09. The summed E-state index contributed by atoms with van der Waals surface area (Å²) in [6.07, 6.45) is -3.24. The van der Waals surface area contributed by atoms with E-state index in [4.69, 9.17) is 10.2 Å². The molecule has 0 aliphatic heterocycles. The molecule has 3 N–H and O–H groups in total. The van der Waals surface area contributed by atoms with Crippen LogP contribution in [0.1, 0.15) is 11.8 Å². The molecule has 0 bridgehead atoms. The van der Waals surface area contributed by atoms with Crippen LogP contribution < -0.4 is 15.8 Å². The van der Waals surface area contributed by atoms with E-state index >= 15 is 0 Å². The van der Waals surface area contributed by atoms with Gasteiger partial charge < -0.3 is 20.2 Å². The number of nitrogens with two attached hydrogens (primary N) is 1. The van der Waals surface area contributed by atoms with Crippen LogP contribution in [0.25, 0.3) is 0 Å². The van der Waals surface area contributed by atoms with Crippen molar-refractivity contribution in [3.05, 3.63) is 48.4 Å². The predicted molar refractivity (Wildman–Crippen MR) is 88.4 cm³/mol. The van der Waals surface area contributed by atoms with Crippen molar-refractivity contribution in [1.29, 1.82) is 0 Å². The van der Waals surface area contributed by atoms with Crippen LogP contribution in [-0.2, 0) is 0 Å². The fourth-order valence-electron chi connectivity index (χ4n) is 2.13. The summed E-state index contributed by atoms with van der Waals surface area (Å²) in [7, 11) is 3.72. The van der Waals surface area contributed by atoms with Gasteiger partial charge in [-0.25, -0.2) is 0 Å². The number of halogens is 3. The third kappa shape index (κ3) is 5.71. The van der Waals surface area contributed by atoms with E-state index in [1.807, 2.05) is 25.1 Å². The summed E-state index contributed by atoms with van der Waals surface area (Å²) in [6.45, 7) is 0.266. The van der Waals surface area contributed by atoms with Gasteiger partial charge in [0.1, 0.15) is 5.76 Å². The van der Waals surface area contributed by atoms with Crippen molar-refractivity contribution in [1.82, 2.24) is 4.90 Å². The van der Waals surface area contributed by atoms with E-state index in [-0.39, 0.29) is 30.0 Å². The zero-order chi connectivity index (χ0) is 18.4. The number of benzene rings is 1. The highest BCUT2D eigenvalue weighted by atomic mass is 19.4. The topological polar surface area (TPSA) is 76.0 Å². The maximum Gasteiger partial charge on any atom is 0.573 e. The van der Waals surface area contributed by atoms with Crippen molar-refractivity contribution in [2.24, 2.45) is 10.7 Å². The quantitative estimate of drug-likeness (QED) is 0.614. The average Bonchev–Trinajstić information content (AvgIpc) is 3.02. The molecule has 0 fully saturated rings. The summed E-state index contributed by atoms with van der Waals surface area (Å²) in [4.78, 5) is 6.08. The van der Waals surface area contributed by atoms with Gasteiger partial charge in [-0.2, -0.15) is 0 Å². The Labute approximate surface area is 143 Å². The lowest BCUT2D eigenvalue weighted by molar-refractivity contribution is -0.274. The minimum absolute atomic E-state index is 0.0309. The summed E-state index contributed by atoms with van der Waals surface area (Å²) in [5.41, 5.74) is 5.86. The van der Waals surface area contributed by atoms with Crippen LogP contribution >= 0.6 is 0 Å². The molecule has 9 heteroatoms. The molecule has 1 heterocycles. The molecule has 0 aliphatic carbocycles. The van der Waals surface area contributed by atoms with Crippen LogP contribution in [0.3, 0.4) is 0 Å². The first-order chi connectivity index (χ1) is 11.8. The molecule has 1 aromatic heterocycles. The number of furan rings is 1. The highest BCUT2D eigenvalue weighted by Gasteiger charge is 2.32.